The molecule has 0 amide bonds. The molecule has 0 unspecified atom stereocenters. The van der Waals surface area contributed by atoms with E-state index in [2.05, 4.69) is 22.0 Å². The summed E-state index contributed by atoms with van der Waals surface area (Å²) >= 11 is 1.55. The minimum absolute atomic E-state index is 0.147. The third kappa shape index (κ3) is 2.37. The third-order valence-corrected chi connectivity index (χ3v) is 4.04. The predicted octanol–water partition coefficient (Wildman–Crippen LogP) is 2.30. The molecule has 0 aliphatic heterocycles. The quantitative estimate of drug-likeness (QED) is 0.693. The lowest BCUT2D eigenvalue weighted by Gasteiger charge is -1.96. The van der Waals surface area contributed by atoms with Gasteiger partial charge in [-0.05, 0) is 18.6 Å². The van der Waals surface area contributed by atoms with E-state index in [9.17, 15) is 4.79 Å². The van der Waals surface area contributed by atoms with Gasteiger partial charge in [0.05, 0.1) is 11.6 Å². The van der Waals surface area contributed by atoms with Gasteiger partial charge < -0.3 is 0 Å². The molecule has 0 spiro atoms. The first kappa shape index (κ1) is 12.7. The molecule has 0 bridgehead atoms. The molecule has 20 heavy (non-hydrogen) atoms. The Morgan fingerprint density at radius 2 is 2.40 bits per heavy atom. The van der Waals surface area contributed by atoms with Gasteiger partial charge in [-0.2, -0.15) is 9.78 Å². The molecule has 3 aromatic heterocycles. The summed E-state index contributed by atoms with van der Waals surface area (Å²) in [5.74, 6) is 0. The van der Waals surface area contributed by atoms with Crippen LogP contribution in [0.25, 0.3) is 10.2 Å². The fourth-order valence-electron chi connectivity index (χ4n) is 1.80. The van der Waals surface area contributed by atoms with Gasteiger partial charge in [-0.3, -0.25) is 9.78 Å². The van der Waals surface area contributed by atoms with Gasteiger partial charge in [-0.15, -0.1) is 11.3 Å². The molecule has 3 rings (SSSR count). The lowest BCUT2D eigenvalue weighted by Crippen LogP contribution is -2.16. The van der Waals surface area contributed by atoms with Crippen molar-refractivity contribution in [3.63, 3.8) is 0 Å². The Morgan fingerprint density at radius 1 is 1.50 bits per heavy atom. The molecule has 6 heteroatoms. The number of aryl methyl sites for hydroxylation is 1. The van der Waals surface area contributed by atoms with Crippen LogP contribution in [0.2, 0.25) is 0 Å². The van der Waals surface area contributed by atoms with E-state index in [0.717, 1.165) is 21.7 Å². The van der Waals surface area contributed by atoms with Crippen LogP contribution in [-0.4, -0.2) is 20.9 Å². The Labute approximate surface area is 119 Å². The Balaban J connectivity index is 2.02. The maximum atomic E-state index is 12.3. The van der Waals surface area contributed by atoms with Crippen LogP contribution in [0.15, 0.2) is 46.8 Å². The molecule has 0 atom stereocenters. The van der Waals surface area contributed by atoms with E-state index in [1.165, 1.54) is 11.0 Å². The molecule has 0 radical (unpaired) electrons. The maximum absolute atomic E-state index is 12.3. The second-order valence-electron chi connectivity index (χ2n) is 4.21. The Morgan fingerprint density at radius 3 is 3.15 bits per heavy atom. The monoisotopic (exact) mass is 284 g/mol. The second kappa shape index (κ2) is 5.34. The zero-order valence-corrected chi connectivity index (χ0v) is 11.7. The van der Waals surface area contributed by atoms with Crippen molar-refractivity contribution in [3.05, 3.63) is 57.7 Å². The first-order valence-electron chi connectivity index (χ1n) is 6.22. The molecule has 0 aliphatic carbocycles. The SMILES string of the molecule is CCc1cc2c(=O)n(N=Cc3cccnc3)cnc2s1. The average molecular weight is 284 g/mol. The normalized spacial score (nSPS) is 11.4. The highest BCUT2D eigenvalue weighted by atomic mass is 32.1. The molecule has 0 saturated carbocycles. The molecular weight excluding hydrogens is 272 g/mol. The first-order chi connectivity index (χ1) is 9.78. The lowest BCUT2D eigenvalue weighted by molar-refractivity contribution is 0.818. The van der Waals surface area contributed by atoms with Gasteiger partial charge in [0.25, 0.3) is 5.56 Å². The van der Waals surface area contributed by atoms with E-state index < -0.39 is 0 Å². The number of nitrogens with zero attached hydrogens (tertiary/aromatic N) is 4. The molecule has 100 valence electrons. The van der Waals surface area contributed by atoms with Crippen molar-refractivity contribution >= 4 is 27.8 Å². The molecule has 3 heterocycles. The number of thiophene rings is 1. The number of rotatable bonds is 3. The molecule has 5 nitrogen and oxygen atoms in total. The molecule has 0 N–H and O–H groups in total. The van der Waals surface area contributed by atoms with Crippen LogP contribution in [0.5, 0.6) is 0 Å². The highest BCUT2D eigenvalue weighted by molar-refractivity contribution is 7.18. The summed E-state index contributed by atoms with van der Waals surface area (Å²) in [5.41, 5.74) is 0.685. The molecule has 0 saturated heterocycles. The number of pyridine rings is 1. The van der Waals surface area contributed by atoms with Gasteiger partial charge in [-0.25, -0.2) is 4.98 Å². The van der Waals surface area contributed by atoms with Crippen molar-refractivity contribution in [1.82, 2.24) is 14.6 Å². The van der Waals surface area contributed by atoms with E-state index in [0.29, 0.717) is 5.39 Å². The number of hydrogen-bond acceptors (Lipinski definition) is 5. The van der Waals surface area contributed by atoms with Crippen molar-refractivity contribution in [2.75, 3.05) is 0 Å². The zero-order chi connectivity index (χ0) is 13.9. The van der Waals surface area contributed by atoms with Gasteiger partial charge in [0.1, 0.15) is 11.2 Å². The van der Waals surface area contributed by atoms with E-state index in [4.69, 9.17) is 0 Å². The summed E-state index contributed by atoms with van der Waals surface area (Å²) in [6.07, 6.45) is 7.32. The summed E-state index contributed by atoms with van der Waals surface area (Å²) in [7, 11) is 0. The molecule has 0 aromatic carbocycles. The van der Waals surface area contributed by atoms with Crippen LogP contribution in [0.4, 0.5) is 0 Å². The van der Waals surface area contributed by atoms with E-state index in [1.807, 2.05) is 18.2 Å². The van der Waals surface area contributed by atoms with E-state index in [1.54, 1.807) is 29.9 Å². The summed E-state index contributed by atoms with van der Waals surface area (Å²) in [4.78, 5) is 22.5. The predicted molar refractivity (Wildman–Crippen MR) is 80.5 cm³/mol. The van der Waals surface area contributed by atoms with Gasteiger partial charge in [0.2, 0.25) is 0 Å². The zero-order valence-electron chi connectivity index (χ0n) is 10.9. The smallest absolute Gasteiger partial charge is 0.267 e. The minimum Gasteiger partial charge on any atom is -0.267 e. The van der Waals surface area contributed by atoms with Gasteiger partial charge >= 0.3 is 0 Å². The van der Waals surface area contributed by atoms with Crippen molar-refractivity contribution in [3.8, 4) is 0 Å². The van der Waals surface area contributed by atoms with Crippen LogP contribution in [0.3, 0.4) is 0 Å². The summed E-state index contributed by atoms with van der Waals surface area (Å²) in [5, 5.41) is 4.77. The van der Waals surface area contributed by atoms with Crippen molar-refractivity contribution < 1.29 is 0 Å². The average Bonchev–Trinajstić information content (AvgIpc) is 2.92. The Bertz CT molecular complexity index is 820. The fraction of sp³-hybridized carbons (Fsp3) is 0.143. The standard InChI is InChI=1S/C14H12N4OS/c1-2-11-6-12-13(20-11)16-9-18(14(12)19)17-8-10-4-3-5-15-7-10/h3-9H,2H2,1H3. The maximum Gasteiger partial charge on any atom is 0.282 e. The fourth-order valence-corrected chi connectivity index (χ4v) is 2.73. The second-order valence-corrected chi connectivity index (χ2v) is 5.33. The van der Waals surface area contributed by atoms with Gasteiger partial charge in [-0.1, -0.05) is 13.0 Å². The summed E-state index contributed by atoms with van der Waals surface area (Å²) in [6, 6.07) is 5.58. The number of aromatic nitrogens is 3. The third-order valence-electron chi connectivity index (χ3n) is 2.85. The number of fused-ring (bicyclic) bond motifs is 1. The van der Waals surface area contributed by atoms with Crippen molar-refractivity contribution in [2.45, 2.75) is 13.3 Å². The van der Waals surface area contributed by atoms with Crippen LogP contribution < -0.4 is 5.56 Å². The molecule has 0 fully saturated rings. The van der Waals surface area contributed by atoms with Crippen LogP contribution in [0.1, 0.15) is 17.4 Å². The van der Waals surface area contributed by atoms with E-state index in [-0.39, 0.29) is 5.56 Å². The molecular formula is C14H12N4OS. The van der Waals surface area contributed by atoms with E-state index >= 15 is 0 Å². The minimum atomic E-state index is -0.147. The lowest BCUT2D eigenvalue weighted by atomic mass is 10.3. The summed E-state index contributed by atoms with van der Waals surface area (Å²) < 4.78 is 1.25. The van der Waals surface area contributed by atoms with Gasteiger partial charge in [0.15, 0.2) is 0 Å². The van der Waals surface area contributed by atoms with Gasteiger partial charge in [0, 0.05) is 22.8 Å². The summed E-state index contributed by atoms with van der Waals surface area (Å²) in [6.45, 7) is 2.06. The highest BCUT2D eigenvalue weighted by Gasteiger charge is 2.07. The van der Waals surface area contributed by atoms with Crippen LogP contribution >= 0.6 is 11.3 Å². The van der Waals surface area contributed by atoms with Crippen LogP contribution in [-0.2, 0) is 6.42 Å². The van der Waals surface area contributed by atoms with Crippen LogP contribution in [0, 0.1) is 0 Å². The van der Waals surface area contributed by atoms with Crippen molar-refractivity contribution in [1.29, 1.82) is 0 Å². The largest absolute Gasteiger partial charge is 0.282 e. The Hall–Kier alpha value is -2.34. The Kier molecular flexibility index (Phi) is 3.39. The number of hydrogen-bond donors (Lipinski definition) is 0. The van der Waals surface area contributed by atoms with Crippen molar-refractivity contribution in [2.24, 2.45) is 5.10 Å². The first-order valence-corrected chi connectivity index (χ1v) is 7.04. The highest BCUT2D eigenvalue weighted by Crippen LogP contribution is 2.20. The topological polar surface area (TPSA) is 60.1 Å². The molecule has 0 aliphatic rings. The molecule has 3 aromatic rings.